The van der Waals surface area contributed by atoms with Gasteiger partial charge in [0.25, 0.3) is 0 Å². The van der Waals surface area contributed by atoms with Gasteiger partial charge in [-0.2, -0.15) is 0 Å². The number of hydrogen-bond acceptors (Lipinski definition) is 4. The first-order valence-electron chi connectivity index (χ1n) is 11.1. The van der Waals surface area contributed by atoms with Crippen LogP contribution in [0.15, 0.2) is 29.5 Å². The Morgan fingerprint density at radius 3 is 2.50 bits per heavy atom. The fourth-order valence-corrected chi connectivity index (χ4v) is 5.04. The van der Waals surface area contributed by atoms with Crippen LogP contribution in [0.2, 0.25) is 0 Å². The van der Waals surface area contributed by atoms with Gasteiger partial charge in [-0.25, -0.2) is 4.98 Å². The summed E-state index contributed by atoms with van der Waals surface area (Å²) in [6.07, 6.45) is 11.1. The number of imidazole rings is 1. The second-order valence-corrected chi connectivity index (χ2v) is 8.39. The summed E-state index contributed by atoms with van der Waals surface area (Å²) >= 11 is 0. The van der Waals surface area contributed by atoms with Crippen molar-refractivity contribution in [2.75, 3.05) is 26.2 Å². The maximum atomic E-state index is 12.7. The van der Waals surface area contributed by atoms with E-state index in [0.717, 1.165) is 50.7 Å². The fraction of sp³-hybridized carbons (Fsp3) is 0.636. The van der Waals surface area contributed by atoms with Crippen molar-refractivity contribution >= 4 is 17.8 Å². The molecule has 162 valence electrons. The van der Waals surface area contributed by atoms with Crippen LogP contribution in [0.4, 0.5) is 0 Å². The molecule has 4 unspecified atom stereocenters. The molecule has 0 aromatic carbocycles. The molecule has 2 N–H and O–H groups in total. The summed E-state index contributed by atoms with van der Waals surface area (Å²) in [4.78, 5) is 35.8. The van der Waals surface area contributed by atoms with Crippen molar-refractivity contribution in [3.63, 3.8) is 0 Å². The fourth-order valence-electron chi connectivity index (χ4n) is 5.04. The van der Waals surface area contributed by atoms with Crippen LogP contribution < -0.4 is 10.6 Å². The van der Waals surface area contributed by atoms with E-state index in [2.05, 4.69) is 37.3 Å². The lowest BCUT2D eigenvalue weighted by Gasteiger charge is -2.18. The zero-order valence-electron chi connectivity index (χ0n) is 17.9. The summed E-state index contributed by atoms with van der Waals surface area (Å²) in [6.45, 7) is 7.38. The summed E-state index contributed by atoms with van der Waals surface area (Å²) in [5.74, 6) is 2.09. The van der Waals surface area contributed by atoms with Crippen molar-refractivity contribution in [1.82, 2.24) is 25.1 Å². The van der Waals surface area contributed by atoms with E-state index in [1.54, 1.807) is 0 Å². The number of carbonyl (C=O) groups is 2. The molecule has 1 aromatic rings. The van der Waals surface area contributed by atoms with Crippen molar-refractivity contribution in [3.05, 3.63) is 30.4 Å². The first-order chi connectivity index (χ1) is 14.6. The van der Waals surface area contributed by atoms with Crippen LogP contribution in [-0.2, 0) is 16.1 Å². The molecule has 2 heterocycles. The van der Waals surface area contributed by atoms with E-state index in [4.69, 9.17) is 0 Å². The quantitative estimate of drug-likeness (QED) is 0.210. The highest BCUT2D eigenvalue weighted by atomic mass is 16.2. The molecule has 1 aliphatic heterocycles. The molecular weight excluding hydrogens is 380 g/mol. The van der Waals surface area contributed by atoms with Crippen LogP contribution in [0.3, 0.4) is 0 Å². The summed E-state index contributed by atoms with van der Waals surface area (Å²) < 4.78 is 2.15. The van der Waals surface area contributed by atoms with E-state index in [0.29, 0.717) is 13.1 Å². The Kier molecular flexibility index (Phi) is 6.20. The maximum absolute atomic E-state index is 12.7. The minimum atomic E-state index is -0.117. The van der Waals surface area contributed by atoms with Gasteiger partial charge < -0.3 is 15.2 Å². The third-order valence-corrected chi connectivity index (χ3v) is 6.53. The molecule has 1 saturated heterocycles. The highest BCUT2D eigenvalue weighted by molar-refractivity contribution is 6.06. The zero-order valence-corrected chi connectivity index (χ0v) is 17.9. The normalized spacial score (nSPS) is 27.3. The van der Waals surface area contributed by atoms with Gasteiger partial charge in [0.1, 0.15) is 5.82 Å². The average molecular weight is 413 g/mol. The van der Waals surface area contributed by atoms with E-state index < -0.39 is 0 Å². The Labute approximate surface area is 177 Å². The minimum Gasteiger partial charge on any atom is -0.357 e. The van der Waals surface area contributed by atoms with Crippen LogP contribution >= 0.6 is 0 Å². The Morgan fingerprint density at radius 1 is 1.13 bits per heavy atom. The first kappa shape index (κ1) is 20.6. The number of guanidine groups is 1. The molecule has 4 rings (SSSR count). The SMILES string of the molecule is CCNC(=NCCCCn1ccnc1C)NCCN1C(=O)C2C3C=CC(C3)C2C1=O. The van der Waals surface area contributed by atoms with E-state index in [-0.39, 0.29) is 35.5 Å². The van der Waals surface area contributed by atoms with Crippen molar-refractivity contribution in [2.24, 2.45) is 28.7 Å². The largest absolute Gasteiger partial charge is 0.357 e. The number of nitrogens with one attached hydrogen (secondary N) is 2. The Bertz CT molecular complexity index is 814. The molecule has 4 atom stereocenters. The second kappa shape index (κ2) is 9.02. The number of aliphatic imine (C=N–C) groups is 1. The molecule has 0 spiro atoms. The van der Waals surface area contributed by atoms with E-state index in [9.17, 15) is 9.59 Å². The number of allylic oxidation sites excluding steroid dienone is 2. The number of fused-ring (bicyclic) bond motifs is 5. The van der Waals surface area contributed by atoms with Crippen LogP contribution in [0.1, 0.15) is 32.0 Å². The standard InChI is InChI=1S/C22H32N6O2/c1-3-23-22(25-8-4-5-11-27-12-9-24-15(27)2)26-10-13-28-20(29)18-16-6-7-17(14-16)19(18)21(28)30/h6-7,9,12,16-19H,3-5,8,10-11,13-14H2,1-2H3,(H2,23,25,26). The third-order valence-electron chi connectivity index (χ3n) is 6.53. The van der Waals surface area contributed by atoms with Gasteiger partial charge in [0, 0.05) is 45.1 Å². The highest BCUT2D eigenvalue weighted by Gasteiger charge is 2.58. The number of aromatic nitrogens is 2. The Morgan fingerprint density at radius 2 is 1.87 bits per heavy atom. The lowest BCUT2D eigenvalue weighted by molar-refractivity contribution is -0.140. The van der Waals surface area contributed by atoms with Crippen LogP contribution in [0.5, 0.6) is 0 Å². The van der Waals surface area contributed by atoms with Gasteiger partial charge >= 0.3 is 0 Å². The smallest absolute Gasteiger partial charge is 0.233 e. The van der Waals surface area contributed by atoms with Crippen LogP contribution in [0, 0.1) is 30.6 Å². The molecule has 2 fully saturated rings. The molecule has 8 heteroatoms. The number of rotatable bonds is 9. The number of aryl methyl sites for hydroxylation is 2. The lowest BCUT2D eigenvalue weighted by atomic mass is 9.85. The van der Waals surface area contributed by atoms with Gasteiger partial charge in [0.2, 0.25) is 11.8 Å². The molecule has 1 saturated carbocycles. The summed E-state index contributed by atoms with van der Waals surface area (Å²) in [5.41, 5.74) is 0. The van der Waals surface area contributed by atoms with E-state index >= 15 is 0 Å². The lowest BCUT2D eigenvalue weighted by Crippen LogP contribution is -2.43. The number of carbonyl (C=O) groups excluding carboxylic acids is 2. The first-order valence-corrected chi connectivity index (χ1v) is 11.1. The van der Waals surface area contributed by atoms with Gasteiger partial charge in [-0.15, -0.1) is 0 Å². The number of amides is 2. The monoisotopic (exact) mass is 412 g/mol. The van der Waals surface area contributed by atoms with Gasteiger partial charge in [0.05, 0.1) is 11.8 Å². The van der Waals surface area contributed by atoms with Crippen molar-refractivity contribution in [2.45, 2.75) is 39.7 Å². The predicted molar refractivity (Wildman–Crippen MR) is 115 cm³/mol. The van der Waals surface area contributed by atoms with Crippen LogP contribution in [-0.4, -0.2) is 58.4 Å². The molecule has 0 radical (unpaired) electrons. The molecule has 3 aliphatic rings. The van der Waals surface area contributed by atoms with Gasteiger partial charge in [-0.1, -0.05) is 12.2 Å². The molecule has 1 aromatic heterocycles. The van der Waals surface area contributed by atoms with E-state index in [1.807, 2.05) is 26.2 Å². The number of hydrogen-bond donors (Lipinski definition) is 2. The van der Waals surface area contributed by atoms with Crippen LogP contribution in [0.25, 0.3) is 0 Å². The molecule has 2 bridgehead atoms. The zero-order chi connectivity index (χ0) is 21.1. The highest BCUT2D eigenvalue weighted by Crippen LogP contribution is 2.52. The summed E-state index contributed by atoms with van der Waals surface area (Å²) in [5, 5.41) is 6.50. The van der Waals surface area contributed by atoms with E-state index in [1.165, 1.54) is 4.90 Å². The van der Waals surface area contributed by atoms with Gasteiger partial charge in [-0.05, 0) is 44.9 Å². The summed E-state index contributed by atoms with van der Waals surface area (Å²) in [6, 6.07) is 0. The molecule has 30 heavy (non-hydrogen) atoms. The summed E-state index contributed by atoms with van der Waals surface area (Å²) in [7, 11) is 0. The van der Waals surface area contributed by atoms with Gasteiger partial charge in [0.15, 0.2) is 5.96 Å². The number of unbranched alkanes of at least 4 members (excludes halogenated alkanes) is 1. The van der Waals surface area contributed by atoms with Crippen molar-refractivity contribution in [3.8, 4) is 0 Å². The second-order valence-electron chi connectivity index (χ2n) is 8.39. The van der Waals surface area contributed by atoms with Crippen molar-refractivity contribution in [1.29, 1.82) is 0 Å². The number of likely N-dealkylation sites (tertiary alicyclic amines) is 1. The number of nitrogens with zero attached hydrogens (tertiary/aromatic N) is 4. The van der Waals surface area contributed by atoms with Gasteiger partial charge in [-0.3, -0.25) is 19.5 Å². The number of imide groups is 1. The Balaban J connectivity index is 1.21. The average Bonchev–Trinajstić information content (AvgIpc) is 3.49. The van der Waals surface area contributed by atoms with Crippen molar-refractivity contribution < 1.29 is 9.59 Å². The Hall–Kier alpha value is -2.64. The minimum absolute atomic E-state index is 0.0142. The third kappa shape index (κ3) is 4.00. The molecule has 8 nitrogen and oxygen atoms in total. The topological polar surface area (TPSA) is 91.6 Å². The molecular formula is C22H32N6O2. The predicted octanol–water partition coefficient (Wildman–Crippen LogP) is 1.33. The molecule has 2 amide bonds. The molecule has 2 aliphatic carbocycles. The maximum Gasteiger partial charge on any atom is 0.233 e.